The highest BCUT2D eigenvalue weighted by atomic mass is 32.1. The molecule has 0 fully saturated rings. The van der Waals surface area contributed by atoms with Crippen molar-refractivity contribution in [3.8, 4) is 0 Å². The molecule has 1 rings (SSSR count). The smallest absolute Gasteiger partial charge is 0.0800 e. The van der Waals surface area contributed by atoms with Gasteiger partial charge in [-0.1, -0.05) is 70.2 Å². The van der Waals surface area contributed by atoms with Crippen molar-refractivity contribution in [1.82, 2.24) is 14.9 Å². The molecular formula is C17H33N3S. The molecule has 4 heteroatoms. The summed E-state index contributed by atoms with van der Waals surface area (Å²) in [4.78, 5) is 1.37. The molecule has 0 bridgehead atoms. The molecule has 0 aromatic carbocycles. The lowest BCUT2D eigenvalue weighted by atomic mass is 10.0. The van der Waals surface area contributed by atoms with Crippen molar-refractivity contribution in [3.05, 3.63) is 10.6 Å². The number of hydrogen-bond donors (Lipinski definition) is 1. The first kappa shape index (κ1) is 18.6. The van der Waals surface area contributed by atoms with Crippen molar-refractivity contribution in [1.29, 1.82) is 0 Å². The molecule has 0 saturated heterocycles. The minimum absolute atomic E-state index is 0.468. The normalized spacial score (nSPS) is 12.7. The van der Waals surface area contributed by atoms with E-state index in [9.17, 15) is 0 Å². The standard InChI is InChI=1S/C17H33N3S/c1-4-7-8-9-10-11-12-13-16(18-14-5-2)17-15(6-3)19-20-21-17/h16,18H,4-14H2,1-3H3. The van der Waals surface area contributed by atoms with Crippen LogP contribution in [-0.4, -0.2) is 16.1 Å². The first-order chi connectivity index (χ1) is 10.3. The maximum Gasteiger partial charge on any atom is 0.0800 e. The van der Waals surface area contributed by atoms with Gasteiger partial charge in [-0.25, -0.2) is 0 Å². The lowest BCUT2D eigenvalue weighted by Gasteiger charge is -2.17. The fourth-order valence-corrected chi connectivity index (χ4v) is 3.52. The Bertz CT molecular complexity index is 352. The van der Waals surface area contributed by atoms with Gasteiger partial charge in [-0.2, -0.15) is 0 Å². The van der Waals surface area contributed by atoms with E-state index in [1.54, 1.807) is 11.5 Å². The first-order valence-corrected chi connectivity index (χ1v) is 9.65. The number of hydrogen-bond acceptors (Lipinski definition) is 4. The summed E-state index contributed by atoms with van der Waals surface area (Å²) < 4.78 is 4.15. The number of nitrogens with one attached hydrogen (secondary N) is 1. The third-order valence-electron chi connectivity index (χ3n) is 3.97. The summed E-state index contributed by atoms with van der Waals surface area (Å²) in [6.45, 7) is 7.76. The van der Waals surface area contributed by atoms with Crippen molar-refractivity contribution in [2.45, 2.75) is 91.0 Å². The summed E-state index contributed by atoms with van der Waals surface area (Å²) in [7, 11) is 0. The number of aromatic nitrogens is 2. The quantitative estimate of drug-likeness (QED) is 0.503. The van der Waals surface area contributed by atoms with Crippen molar-refractivity contribution in [2.24, 2.45) is 0 Å². The molecule has 0 aliphatic carbocycles. The molecular weight excluding hydrogens is 278 g/mol. The fourth-order valence-electron chi connectivity index (χ4n) is 2.68. The molecule has 0 amide bonds. The number of unbranched alkanes of at least 4 members (excludes halogenated alkanes) is 6. The van der Waals surface area contributed by atoms with E-state index in [2.05, 4.69) is 35.7 Å². The maximum absolute atomic E-state index is 4.27. The Kier molecular flexibility index (Phi) is 10.7. The van der Waals surface area contributed by atoms with Crippen molar-refractivity contribution < 1.29 is 0 Å². The average molecular weight is 312 g/mol. The van der Waals surface area contributed by atoms with Crippen LogP contribution in [0.3, 0.4) is 0 Å². The van der Waals surface area contributed by atoms with Gasteiger partial charge in [0.15, 0.2) is 0 Å². The summed E-state index contributed by atoms with van der Waals surface area (Å²) in [5.74, 6) is 0. The number of nitrogens with zero attached hydrogens (tertiary/aromatic N) is 2. The lowest BCUT2D eigenvalue weighted by molar-refractivity contribution is 0.468. The average Bonchev–Trinajstić information content (AvgIpc) is 2.97. The van der Waals surface area contributed by atoms with Gasteiger partial charge >= 0.3 is 0 Å². The molecule has 0 spiro atoms. The first-order valence-electron chi connectivity index (χ1n) is 8.87. The van der Waals surface area contributed by atoms with Crippen LogP contribution in [0.15, 0.2) is 0 Å². The molecule has 0 aliphatic rings. The van der Waals surface area contributed by atoms with Crippen LogP contribution in [0.2, 0.25) is 0 Å². The second kappa shape index (κ2) is 12.1. The zero-order valence-electron chi connectivity index (χ0n) is 14.2. The Labute approximate surface area is 135 Å². The highest BCUT2D eigenvalue weighted by Gasteiger charge is 2.17. The second-order valence-corrected chi connectivity index (χ2v) is 6.64. The highest BCUT2D eigenvalue weighted by molar-refractivity contribution is 7.05. The summed E-state index contributed by atoms with van der Waals surface area (Å²) >= 11 is 1.58. The maximum atomic E-state index is 4.27. The van der Waals surface area contributed by atoms with Crippen molar-refractivity contribution >= 4 is 11.5 Å². The SMILES string of the molecule is CCCCCCCCCC(NCCC)c1snnc1CC. The Balaban J connectivity index is 2.33. The topological polar surface area (TPSA) is 37.8 Å². The van der Waals surface area contributed by atoms with Gasteiger partial charge in [-0.05, 0) is 37.3 Å². The summed E-state index contributed by atoms with van der Waals surface area (Å²) in [6, 6.07) is 0.468. The van der Waals surface area contributed by atoms with Crippen molar-refractivity contribution in [3.63, 3.8) is 0 Å². The Morgan fingerprint density at radius 1 is 0.952 bits per heavy atom. The summed E-state index contributed by atoms with van der Waals surface area (Å²) in [5.41, 5.74) is 1.19. The van der Waals surface area contributed by atoms with E-state index in [-0.39, 0.29) is 0 Å². The third kappa shape index (κ3) is 7.37. The van der Waals surface area contributed by atoms with Gasteiger partial charge in [0, 0.05) is 6.04 Å². The van der Waals surface area contributed by atoms with Crippen LogP contribution in [0.4, 0.5) is 0 Å². The largest absolute Gasteiger partial charge is 0.309 e. The number of aryl methyl sites for hydroxylation is 1. The van der Waals surface area contributed by atoms with E-state index in [0.717, 1.165) is 13.0 Å². The van der Waals surface area contributed by atoms with Gasteiger partial charge < -0.3 is 5.32 Å². The molecule has 21 heavy (non-hydrogen) atoms. The Morgan fingerprint density at radius 2 is 1.67 bits per heavy atom. The second-order valence-electron chi connectivity index (χ2n) is 5.85. The van der Waals surface area contributed by atoms with Gasteiger partial charge in [0.25, 0.3) is 0 Å². The third-order valence-corrected chi connectivity index (χ3v) is 4.85. The van der Waals surface area contributed by atoms with Crippen LogP contribution in [0.25, 0.3) is 0 Å². The molecule has 0 radical (unpaired) electrons. The highest BCUT2D eigenvalue weighted by Crippen LogP contribution is 2.26. The van der Waals surface area contributed by atoms with E-state index in [1.807, 2.05) is 0 Å². The monoisotopic (exact) mass is 311 g/mol. The van der Waals surface area contributed by atoms with Gasteiger partial charge in [-0.15, -0.1) is 5.10 Å². The summed E-state index contributed by atoms with van der Waals surface area (Å²) in [5, 5.41) is 7.96. The van der Waals surface area contributed by atoms with Crippen LogP contribution in [0.1, 0.15) is 95.2 Å². The zero-order chi connectivity index (χ0) is 15.3. The van der Waals surface area contributed by atoms with E-state index in [0.29, 0.717) is 6.04 Å². The van der Waals surface area contributed by atoms with Gasteiger partial charge in [-0.3, -0.25) is 0 Å². The lowest BCUT2D eigenvalue weighted by Crippen LogP contribution is -2.22. The Morgan fingerprint density at radius 3 is 2.33 bits per heavy atom. The fraction of sp³-hybridized carbons (Fsp3) is 0.882. The minimum atomic E-state index is 0.468. The van der Waals surface area contributed by atoms with E-state index < -0.39 is 0 Å². The molecule has 1 unspecified atom stereocenters. The van der Waals surface area contributed by atoms with Gasteiger partial charge in [0.2, 0.25) is 0 Å². The van der Waals surface area contributed by atoms with E-state index in [4.69, 9.17) is 0 Å². The van der Waals surface area contributed by atoms with Crippen LogP contribution < -0.4 is 5.32 Å². The number of rotatable bonds is 13. The molecule has 1 atom stereocenters. The molecule has 122 valence electrons. The minimum Gasteiger partial charge on any atom is -0.309 e. The molecule has 1 aromatic heterocycles. The molecule has 0 saturated carbocycles. The predicted molar refractivity (Wildman–Crippen MR) is 92.9 cm³/mol. The van der Waals surface area contributed by atoms with Crippen LogP contribution >= 0.6 is 11.5 Å². The summed E-state index contributed by atoms with van der Waals surface area (Å²) in [6.07, 6.45) is 13.0. The zero-order valence-corrected chi connectivity index (χ0v) is 15.0. The van der Waals surface area contributed by atoms with Gasteiger partial charge in [0.05, 0.1) is 10.6 Å². The van der Waals surface area contributed by atoms with Crippen LogP contribution in [0, 0.1) is 0 Å². The van der Waals surface area contributed by atoms with Crippen LogP contribution in [0.5, 0.6) is 0 Å². The molecule has 1 N–H and O–H groups in total. The molecule has 1 aromatic rings. The van der Waals surface area contributed by atoms with Crippen molar-refractivity contribution in [2.75, 3.05) is 6.54 Å². The molecule has 0 aliphatic heterocycles. The van der Waals surface area contributed by atoms with E-state index in [1.165, 1.54) is 68.4 Å². The predicted octanol–water partition coefficient (Wildman–Crippen LogP) is 5.28. The molecule has 3 nitrogen and oxygen atoms in total. The van der Waals surface area contributed by atoms with Gasteiger partial charge in [0.1, 0.15) is 0 Å². The van der Waals surface area contributed by atoms with Crippen LogP contribution in [-0.2, 0) is 6.42 Å². The molecule has 1 heterocycles. The van der Waals surface area contributed by atoms with E-state index >= 15 is 0 Å². The Hall–Kier alpha value is -0.480.